The van der Waals surface area contributed by atoms with Crippen LogP contribution in [-0.4, -0.2) is 17.3 Å². The lowest BCUT2D eigenvalue weighted by Gasteiger charge is -1.83. The van der Waals surface area contributed by atoms with E-state index in [0.717, 1.165) is 6.54 Å². The van der Waals surface area contributed by atoms with Crippen molar-refractivity contribution in [3.63, 3.8) is 0 Å². The summed E-state index contributed by atoms with van der Waals surface area (Å²) in [6.45, 7) is 5.44. The summed E-state index contributed by atoms with van der Waals surface area (Å²) in [4.78, 5) is 0. The van der Waals surface area contributed by atoms with Crippen LogP contribution < -0.4 is 0 Å². The van der Waals surface area contributed by atoms with Gasteiger partial charge in [0.1, 0.15) is 6.54 Å². The molecule has 0 radical (unpaired) electrons. The molecule has 0 aromatic rings. The van der Waals surface area contributed by atoms with Gasteiger partial charge in [0.2, 0.25) is 0 Å². The first kappa shape index (κ1) is 5.54. The topological polar surface area (TPSA) is 3.01 Å². The molecule has 0 bridgehead atoms. The van der Waals surface area contributed by atoms with Gasteiger partial charge in [-0.3, -0.25) is 0 Å². The molecule has 1 unspecified atom stereocenters. The summed E-state index contributed by atoms with van der Waals surface area (Å²) in [6.07, 6.45) is 6.55. The number of nitrogens with zero attached hydrogens (tertiary/aromatic N) is 1. The van der Waals surface area contributed by atoms with Gasteiger partial charge in [0.05, 0.1) is 5.92 Å². The molecule has 1 rings (SSSR count). The Morgan fingerprint density at radius 2 is 2.38 bits per heavy atom. The van der Waals surface area contributed by atoms with Crippen LogP contribution in [0.25, 0.3) is 0 Å². The molecule has 1 atom stereocenters. The molecule has 0 aliphatic carbocycles. The first-order chi connectivity index (χ1) is 3.83. The minimum Gasteiger partial charge on any atom is -0.209 e. The average Bonchev–Trinajstić information content (AvgIpc) is 2.14. The Labute approximate surface area is 50.3 Å². The molecular weight excluding hydrogens is 98.1 g/mol. The van der Waals surface area contributed by atoms with Crippen LogP contribution in [0.5, 0.6) is 0 Å². The third kappa shape index (κ3) is 0.971. The summed E-state index contributed by atoms with van der Waals surface area (Å²) >= 11 is 0. The van der Waals surface area contributed by atoms with Crippen LogP contribution in [-0.2, 0) is 0 Å². The van der Waals surface area contributed by atoms with Crippen molar-refractivity contribution in [2.24, 2.45) is 5.92 Å². The number of allylic oxidation sites excluding steroid dienone is 1. The van der Waals surface area contributed by atoms with E-state index in [1.165, 1.54) is 0 Å². The van der Waals surface area contributed by atoms with Crippen LogP contribution in [0.1, 0.15) is 13.8 Å². The Morgan fingerprint density at radius 1 is 1.62 bits per heavy atom. The van der Waals surface area contributed by atoms with Gasteiger partial charge in [-0.2, -0.15) is 0 Å². The molecular formula is C7H12N+. The van der Waals surface area contributed by atoms with Gasteiger partial charge in [0.25, 0.3) is 0 Å². The fourth-order valence-electron chi connectivity index (χ4n) is 0.859. The van der Waals surface area contributed by atoms with Crippen LogP contribution in [0.2, 0.25) is 0 Å². The molecule has 0 fully saturated rings. The number of hydrogen-bond acceptors (Lipinski definition) is 0. The van der Waals surface area contributed by atoms with E-state index in [4.69, 9.17) is 0 Å². The predicted octanol–water partition coefficient (Wildman–Crippen LogP) is 1.25. The molecule has 44 valence electrons. The highest BCUT2D eigenvalue weighted by molar-refractivity contribution is 5.59. The van der Waals surface area contributed by atoms with Crippen molar-refractivity contribution in [2.45, 2.75) is 13.8 Å². The molecule has 0 spiro atoms. The zero-order chi connectivity index (χ0) is 5.98. The Morgan fingerprint density at radius 3 is 2.62 bits per heavy atom. The summed E-state index contributed by atoms with van der Waals surface area (Å²) in [7, 11) is 0. The van der Waals surface area contributed by atoms with Crippen LogP contribution in [0.15, 0.2) is 12.3 Å². The SMILES string of the molecule is CC[N+]1=CC(C)C=C1. The first-order valence-corrected chi connectivity index (χ1v) is 3.12. The molecule has 1 heteroatoms. The zero-order valence-electron chi connectivity index (χ0n) is 5.46. The zero-order valence-corrected chi connectivity index (χ0v) is 5.46. The minimum absolute atomic E-state index is 0.648. The van der Waals surface area contributed by atoms with Gasteiger partial charge in [0, 0.05) is 0 Å². The first-order valence-electron chi connectivity index (χ1n) is 3.12. The quantitative estimate of drug-likeness (QED) is 0.447. The third-order valence-electron chi connectivity index (χ3n) is 1.37. The molecule has 0 saturated carbocycles. The second-order valence-corrected chi connectivity index (χ2v) is 2.18. The fourth-order valence-corrected chi connectivity index (χ4v) is 0.859. The van der Waals surface area contributed by atoms with Gasteiger partial charge in [-0.1, -0.05) is 0 Å². The summed E-state index contributed by atoms with van der Waals surface area (Å²) in [5.41, 5.74) is 0. The molecule has 1 heterocycles. The summed E-state index contributed by atoms with van der Waals surface area (Å²) in [6, 6.07) is 0. The molecule has 1 aliphatic heterocycles. The van der Waals surface area contributed by atoms with Gasteiger partial charge < -0.3 is 0 Å². The minimum atomic E-state index is 0.648. The van der Waals surface area contributed by atoms with Crippen LogP contribution in [0.4, 0.5) is 0 Å². The van der Waals surface area contributed by atoms with Gasteiger partial charge in [-0.15, -0.1) is 0 Å². The molecule has 1 nitrogen and oxygen atoms in total. The van der Waals surface area contributed by atoms with Gasteiger partial charge in [-0.25, -0.2) is 4.58 Å². The van der Waals surface area contributed by atoms with Crippen molar-refractivity contribution in [2.75, 3.05) is 6.54 Å². The lowest BCUT2D eigenvalue weighted by atomic mass is 10.2. The summed E-state index contributed by atoms with van der Waals surface area (Å²) in [5.74, 6) is 0.648. The molecule has 1 aliphatic rings. The molecule has 0 aromatic carbocycles. The van der Waals surface area contributed by atoms with Crippen LogP contribution >= 0.6 is 0 Å². The summed E-state index contributed by atoms with van der Waals surface area (Å²) < 4.78 is 2.20. The van der Waals surface area contributed by atoms with E-state index < -0.39 is 0 Å². The van der Waals surface area contributed by atoms with Crippen molar-refractivity contribution in [3.8, 4) is 0 Å². The largest absolute Gasteiger partial charge is 0.209 e. The van der Waals surface area contributed by atoms with E-state index >= 15 is 0 Å². The Kier molecular flexibility index (Phi) is 1.47. The smallest absolute Gasteiger partial charge is 0.165 e. The molecule has 0 saturated heterocycles. The molecule has 8 heavy (non-hydrogen) atoms. The van der Waals surface area contributed by atoms with E-state index in [-0.39, 0.29) is 0 Å². The predicted molar refractivity (Wildman–Crippen MR) is 35.2 cm³/mol. The average molecular weight is 110 g/mol. The fraction of sp³-hybridized carbons (Fsp3) is 0.571. The Balaban J connectivity index is 2.58. The van der Waals surface area contributed by atoms with Crippen molar-refractivity contribution < 1.29 is 4.58 Å². The van der Waals surface area contributed by atoms with Crippen molar-refractivity contribution in [1.82, 2.24) is 0 Å². The highest BCUT2D eigenvalue weighted by atomic mass is 15.0. The van der Waals surface area contributed by atoms with Gasteiger partial charge >= 0.3 is 0 Å². The van der Waals surface area contributed by atoms with Crippen LogP contribution in [0, 0.1) is 5.92 Å². The summed E-state index contributed by atoms with van der Waals surface area (Å²) in [5, 5.41) is 0. The maximum Gasteiger partial charge on any atom is 0.165 e. The number of hydrogen-bond donors (Lipinski definition) is 0. The van der Waals surface area contributed by atoms with Gasteiger partial charge in [0.15, 0.2) is 12.4 Å². The molecule has 0 N–H and O–H groups in total. The molecule has 0 aromatic heterocycles. The Bertz CT molecular complexity index is 133. The standard InChI is InChI=1S/C7H12N/c1-3-8-5-4-7(2)6-8/h4-7H,3H2,1-2H3/q+1. The second kappa shape index (κ2) is 2.12. The van der Waals surface area contributed by atoms with Crippen molar-refractivity contribution >= 4 is 6.21 Å². The second-order valence-electron chi connectivity index (χ2n) is 2.18. The normalized spacial score (nSPS) is 26.2. The third-order valence-corrected chi connectivity index (χ3v) is 1.37. The van der Waals surface area contributed by atoms with Crippen LogP contribution in [0.3, 0.4) is 0 Å². The molecule has 0 amide bonds. The van der Waals surface area contributed by atoms with Crippen molar-refractivity contribution in [3.05, 3.63) is 12.3 Å². The lowest BCUT2D eigenvalue weighted by Crippen LogP contribution is -2.01. The Hall–Kier alpha value is -0.590. The van der Waals surface area contributed by atoms with E-state index in [1.54, 1.807) is 0 Å². The van der Waals surface area contributed by atoms with Crippen molar-refractivity contribution in [1.29, 1.82) is 0 Å². The number of rotatable bonds is 1. The lowest BCUT2D eigenvalue weighted by molar-refractivity contribution is -0.445. The van der Waals surface area contributed by atoms with Gasteiger partial charge in [-0.05, 0) is 19.9 Å². The maximum atomic E-state index is 2.22. The highest BCUT2D eigenvalue weighted by Crippen LogP contribution is 1.99. The maximum absolute atomic E-state index is 2.22. The van der Waals surface area contributed by atoms with E-state index in [9.17, 15) is 0 Å². The highest BCUT2D eigenvalue weighted by Gasteiger charge is 2.07. The van der Waals surface area contributed by atoms with E-state index in [1.807, 2.05) is 0 Å². The monoisotopic (exact) mass is 110 g/mol. The van der Waals surface area contributed by atoms with E-state index in [2.05, 4.69) is 36.9 Å². The van der Waals surface area contributed by atoms with E-state index in [0.29, 0.717) is 5.92 Å².